The Balaban J connectivity index is 1.80. The van der Waals surface area contributed by atoms with E-state index in [0.29, 0.717) is 11.9 Å². The predicted molar refractivity (Wildman–Crippen MR) is 77.8 cm³/mol. The molecule has 1 aliphatic carbocycles. The third-order valence-electron chi connectivity index (χ3n) is 4.81. The molecule has 2 unspecified atom stereocenters. The zero-order chi connectivity index (χ0) is 13.8. The zero-order valence-corrected chi connectivity index (χ0v) is 12.5. The first kappa shape index (κ1) is 14.8. The molecule has 110 valence electrons. The van der Waals surface area contributed by atoms with Crippen molar-refractivity contribution in [1.82, 2.24) is 9.80 Å². The van der Waals surface area contributed by atoms with E-state index in [0.717, 1.165) is 45.2 Å². The Morgan fingerprint density at radius 1 is 1.26 bits per heavy atom. The quantitative estimate of drug-likeness (QED) is 0.838. The fraction of sp³-hybridized carbons (Fsp3) is 0.933. The van der Waals surface area contributed by atoms with Gasteiger partial charge in [-0.05, 0) is 45.1 Å². The van der Waals surface area contributed by atoms with Gasteiger partial charge in [-0.2, -0.15) is 0 Å². The van der Waals surface area contributed by atoms with E-state index in [2.05, 4.69) is 11.8 Å². The van der Waals surface area contributed by atoms with Crippen molar-refractivity contribution in [2.45, 2.75) is 57.5 Å². The molecule has 0 radical (unpaired) electrons. The lowest BCUT2D eigenvalue weighted by molar-refractivity contribution is -0.137. The normalized spacial score (nSPS) is 29.6. The molecule has 0 spiro atoms. The molecule has 0 aromatic carbocycles. The van der Waals surface area contributed by atoms with Crippen molar-refractivity contribution < 1.29 is 4.79 Å². The summed E-state index contributed by atoms with van der Waals surface area (Å²) in [7, 11) is 1.99. The van der Waals surface area contributed by atoms with Gasteiger partial charge in [-0.15, -0.1) is 0 Å². The van der Waals surface area contributed by atoms with E-state index in [1.165, 1.54) is 13.0 Å². The highest BCUT2D eigenvalue weighted by atomic mass is 16.2. The number of nitrogens with two attached hydrogens (primary N) is 1. The molecule has 2 rings (SSSR count). The molecule has 4 heteroatoms. The standard InChI is InChI=1S/C15H29N3O/c1-3-8-18-9-6-14(7-10-18)17(2)15(19)12-4-5-13(16)11-12/h12-14H,3-11,16H2,1-2H3. The van der Waals surface area contributed by atoms with Crippen LogP contribution in [0, 0.1) is 5.92 Å². The van der Waals surface area contributed by atoms with Gasteiger partial charge in [-0.25, -0.2) is 0 Å². The van der Waals surface area contributed by atoms with E-state index in [1.54, 1.807) is 0 Å². The minimum atomic E-state index is 0.189. The number of likely N-dealkylation sites (tertiary alicyclic amines) is 1. The van der Waals surface area contributed by atoms with E-state index in [-0.39, 0.29) is 12.0 Å². The van der Waals surface area contributed by atoms with Gasteiger partial charge in [0, 0.05) is 38.1 Å². The van der Waals surface area contributed by atoms with Crippen LogP contribution in [0.25, 0.3) is 0 Å². The maximum Gasteiger partial charge on any atom is 0.225 e. The second-order valence-corrected chi connectivity index (χ2v) is 6.29. The molecule has 2 atom stereocenters. The molecule has 2 N–H and O–H groups in total. The highest BCUT2D eigenvalue weighted by molar-refractivity contribution is 5.79. The Bertz CT molecular complexity index is 300. The first-order valence-electron chi connectivity index (χ1n) is 7.86. The smallest absolute Gasteiger partial charge is 0.225 e. The van der Waals surface area contributed by atoms with Gasteiger partial charge < -0.3 is 15.5 Å². The summed E-state index contributed by atoms with van der Waals surface area (Å²) in [5, 5.41) is 0. The second-order valence-electron chi connectivity index (χ2n) is 6.29. The summed E-state index contributed by atoms with van der Waals surface area (Å²) in [6, 6.07) is 0.686. The van der Waals surface area contributed by atoms with Crippen molar-refractivity contribution in [2.24, 2.45) is 11.7 Å². The number of piperidine rings is 1. The summed E-state index contributed by atoms with van der Waals surface area (Å²) in [5.74, 6) is 0.524. The molecule has 1 saturated carbocycles. The van der Waals surface area contributed by atoms with Gasteiger partial charge in [-0.3, -0.25) is 4.79 Å². The maximum absolute atomic E-state index is 12.5. The van der Waals surface area contributed by atoms with Crippen molar-refractivity contribution in [3.63, 3.8) is 0 Å². The number of nitrogens with zero attached hydrogens (tertiary/aromatic N) is 2. The van der Waals surface area contributed by atoms with E-state index in [1.807, 2.05) is 11.9 Å². The van der Waals surface area contributed by atoms with Gasteiger partial charge in [0.1, 0.15) is 0 Å². The average molecular weight is 267 g/mol. The number of carbonyl (C=O) groups is 1. The number of carbonyl (C=O) groups excluding carboxylic acids is 1. The van der Waals surface area contributed by atoms with Gasteiger partial charge >= 0.3 is 0 Å². The Labute approximate surface area is 117 Å². The summed E-state index contributed by atoms with van der Waals surface area (Å²) in [6.45, 7) is 5.70. The summed E-state index contributed by atoms with van der Waals surface area (Å²) >= 11 is 0. The van der Waals surface area contributed by atoms with E-state index >= 15 is 0 Å². The molecule has 0 aromatic heterocycles. The summed E-state index contributed by atoms with van der Waals surface area (Å²) in [4.78, 5) is 17.0. The second kappa shape index (κ2) is 6.71. The first-order valence-corrected chi connectivity index (χ1v) is 7.86. The topological polar surface area (TPSA) is 49.6 Å². The molecule has 1 saturated heterocycles. The SMILES string of the molecule is CCCN1CCC(N(C)C(=O)C2CCC(N)C2)CC1. The van der Waals surface area contributed by atoms with E-state index in [4.69, 9.17) is 5.73 Å². The van der Waals surface area contributed by atoms with Gasteiger partial charge in [-0.1, -0.05) is 6.92 Å². The van der Waals surface area contributed by atoms with E-state index in [9.17, 15) is 4.79 Å². The lowest BCUT2D eigenvalue weighted by atomic mass is 10.00. The van der Waals surface area contributed by atoms with Crippen molar-refractivity contribution in [1.29, 1.82) is 0 Å². The molecule has 0 aromatic rings. The Hall–Kier alpha value is -0.610. The van der Waals surface area contributed by atoms with E-state index < -0.39 is 0 Å². The molecule has 4 nitrogen and oxygen atoms in total. The zero-order valence-electron chi connectivity index (χ0n) is 12.5. The minimum Gasteiger partial charge on any atom is -0.342 e. The third kappa shape index (κ3) is 3.69. The molecule has 2 fully saturated rings. The van der Waals surface area contributed by atoms with Crippen molar-refractivity contribution in [2.75, 3.05) is 26.7 Å². The van der Waals surface area contributed by atoms with Crippen LogP contribution in [0.3, 0.4) is 0 Å². The number of hydrogen-bond donors (Lipinski definition) is 1. The summed E-state index contributed by atoms with van der Waals surface area (Å²) in [5.41, 5.74) is 5.92. The lowest BCUT2D eigenvalue weighted by Gasteiger charge is -2.37. The van der Waals surface area contributed by atoms with Crippen LogP contribution in [0.1, 0.15) is 45.4 Å². The first-order chi connectivity index (χ1) is 9.11. The molecular weight excluding hydrogens is 238 g/mol. The van der Waals surface area contributed by atoms with Crippen LogP contribution in [-0.4, -0.2) is 54.5 Å². The van der Waals surface area contributed by atoms with Crippen LogP contribution < -0.4 is 5.73 Å². The number of hydrogen-bond acceptors (Lipinski definition) is 3. The van der Waals surface area contributed by atoms with Crippen molar-refractivity contribution in [3.05, 3.63) is 0 Å². The average Bonchev–Trinajstić information content (AvgIpc) is 2.85. The van der Waals surface area contributed by atoms with Crippen molar-refractivity contribution >= 4 is 5.91 Å². The summed E-state index contributed by atoms with van der Waals surface area (Å²) < 4.78 is 0. The molecule has 1 heterocycles. The number of rotatable bonds is 4. The van der Waals surface area contributed by atoms with Crippen LogP contribution in [-0.2, 0) is 4.79 Å². The van der Waals surface area contributed by atoms with Gasteiger partial charge in [0.05, 0.1) is 0 Å². The van der Waals surface area contributed by atoms with Gasteiger partial charge in [0.2, 0.25) is 5.91 Å². The molecular formula is C15H29N3O. The fourth-order valence-corrected chi connectivity index (χ4v) is 3.56. The fourth-order valence-electron chi connectivity index (χ4n) is 3.56. The third-order valence-corrected chi connectivity index (χ3v) is 4.81. The number of amides is 1. The Morgan fingerprint density at radius 3 is 2.47 bits per heavy atom. The van der Waals surface area contributed by atoms with Crippen molar-refractivity contribution in [3.8, 4) is 0 Å². The largest absolute Gasteiger partial charge is 0.342 e. The molecule has 2 aliphatic rings. The Kier molecular flexibility index (Phi) is 5.22. The van der Waals surface area contributed by atoms with Crippen LogP contribution in [0.4, 0.5) is 0 Å². The lowest BCUT2D eigenvalue weighted by Crippen LogP contribution is -2.47. The highest BCUT2D eigenvalue weighted by Gasteiger charge is 2.33. The van der Waals surface area contributed by atoms with Crippen LogP contribution in [0.2, 0.25) is 0 Å². The van der Waals surface area contributed by atoms with Crippen LogP contribution in [0.5, 0.6) is 0 Å². The predicted octanol–water partition coefficient (Wildman–Crippen LogP) is 1.45. The monoisotopic (exact) mass is 267 g/mol. The molecule has 0 bridgehead atoms. The molecule has 1 aliphatic heterocycles. The highest BCUT2D eigenvalue weighted by Crippen LogP contribution is 2.27. The van der Waals surface area contributed by atoms with Gasteiger partial charge in [0.15, 0.2) is 0 Å². The van der Waals surface area contributed by atoms with Gasteiger partial charge in [0.25, 0.3) is 0 Å². The van der Waals surface area contributed by atoms with Crippen LogP contribution >= 0.6 is 0 Å². The minimum absolute atomic E-state index is 0.189. The maximum atomic E-state index is 12.5. The van der Waals surface area contributed by atoms with Crippen LogP contribution in [0.15, 0.2) is 0 Å². The Morgan fingerprint density at radius 2 is 1.95 bits per heavy atom. The molecule has 1 amide bonds. The summed E-state index contributed by atoms with van der Waals surface area (Å²) in [6.07, 6.45) is 6.36. The molecule has 19 heavy (non-hydrogen) atoms.